The van der Waals surface area contributed by atoms with Gasteiger partial charge in [-0.05, 0) is 22.3 Å². The molecule has 1 saturated heterocycles. The zero-order chi connectivity index (χ0) is 30.5. The molecule has 1 heterocycles. The number of aliphatic hydroxyl groups excluding tert-OH is 1. The summed E-state index contributed by atoms with van der Waals surface area (Å²) in [6, 6.07) is 39.9. The number of ether oxygens (including phenoxy) is 5. The molecule has 7 heteroatoms. The third-order valence-electron chi connectivity index (χ3n) is 8.04. The van der Waals surface area contributed by atoms with E-state index in [0.29, 0.717) is 26.4 Å². The predicted molar refractivity (Wildman–Crippen MR) is 170 cm³/mol. The Labute approximate surface area is 260 Å². The van der Waals surface area contributed by atoms with Crippen molar-refractivity contribution in [1.29, 1.82) is 0 Å². The summed E-state index contributed by atoms with van der Waals surface area (Å²) in [4.78, 5) is 0. The topological polar surface area (TPSA) is 78.4 Å². The van der Waals surface area contributed by atoms with Crippen molar-refractivity contribution in [3.8, 4) is 0 Å². The van der Waals surface area contributed by atoms with Crippen LogP contribution in [0.4, 0.5) is 0 Å². The van der Waals surface area contributed by atoms with Crippen molar-refractivity contribution in [2.75, 3.05) is 20.3 Å². The largest absolute Gasteiger partial charge is 0.396 e. The molecule has 4 aromatic rings. The summed E-state index contributed by atoms with van der Waals surface area (Å²) in [5.41, 5.74) is 4.23. The van der Waals surface area contributed by atoms with Crippen LogP contribution in [0.1, 0.15) is 28.7 Å². The minimum atomic E-state index is -1.20. The minimum absolute atomic E-state index is 0.131. The summed E-state index contributed by atoms with van der Waals surface area (Å²) in [5, 5.41) is 13.9. The molecular weight excluding hydrogens is 554 g/mol. The van der Waals surface area contributed by atoms with Crippen LogP contribution >= 0.6 is 0 Å². The normalized spacial score (nSPS) is 23.7. The Hall–Kier alpha value is -3.40. The maximum absolute atomic E-state index is 10.2. The zero-order valence-electron chi connectivity index (χ0n) is 25.3. The first-order chi connectivity index (χ1) is 21.7. The summed E-state index contributed by atoms with van der Waals surface area (Å²) in [5.74, 6) is -1.20. The maximum atomic E-state index is 10.2. The van der Waals surface area contributed by atoms with Crippen molar-refractivity contribution in [1.82, 2.24) is 5.32 Å². The van der Waals surface area contributed by atoms with Gasteiger partial charge in [0.25, 0.3) is 0 Å². The van der Waals surface area contributed by atoms with Crippen molar-refractivity contribution in [2.45, 2.75) is 62.9 Å². The molecule has 232 valence electrons. The van der Waals surface area contributed by atoms with Gasteiger partial charge in [-0.3, -0.25) is 0 Å². The van der Waals surface area contributed by atoms with Crippen LogP contribution in [0.3, 0.4) is 0 Å². The second kappa shape index (κ2) is 16.6. The highest BCUT2D eigenvalue weighted by atomic mass is 16.7. The number of aliphatic hydroxyl groups is 1. The Morgan fingerprint density at radius 1 is 0.659 bits per heavy atom. The number of nitrogens with one attached hydrogen (secondary N) is 1. The highest BCUT2D eigenvalue weighted by Crippen LogP contribution is 2.35. The molecule has 1 aliphatic rings. The van der Waals surface area contributed by atoms with Crippen LogP contribution in [-0.2, 0) is 50.0 Å². The molecule has 5 atom stereocenters. The number of hydrogen-bond acceptors (Lipinski definition) is 7. The first-order valence-electron chi connectivity index (χ1n) is 15.2. The van der Waals surface area contributed by atoms with E-state index in [1.165, 1.54) is 0 Å². The molecule has 0 aromatic heterocycles. The third-order valence-corrected chi connectivity index (χ3v) is 8.04. The minimum Gasteiger partial charge on any atom is -0.396 e. The molecule has 0 saturated carbocycles. The first-order valence-corrected chi connectivity index (χ1v) is 15.2. The summed E-state index contributed by atoms with van der Waals surface area (Å²) in [7, 11) is 1.62. The predicted octanol–water partition coefficient (Wildman–Crippen LogP) is 5.66. The maximum Gasteiger partial charge on any atom is 0.188 e. The van der Waals surface area contributed by atoms with Gasteiger partial charge in [-0.1, -0.05) is 121 Å². The first kappa shape index (κ1) is 32.0. The van der Waals surface area contributed by atoms with E-state index >= 15 is 0 Å². The van der Waals surface area contributed by atoms with Crippen LogP contribution in [0, 0.1) is 0 Å². The molecule has 0 radical (unpaired) electrons. The zero-order valence-corrected chi connectivity index (χ0v) is 25.3. The van der Waals surface area contributed by atoms with Gasteiger partial charge in [0.15, 0.2) is 5.79 Å². The van der Waals surface area contributed by atoms with E-state index in [4.69, 9.17) is 23.7 Å². The van der Waals surface area contributed by atoms with E-state index in [1.54, 1.807) is 7.11 Å². The summed E-state index contributed by atoms with van der Waals surface area (Å²) in [6.45, 7) is 1.70. The number of hydrogen-bond donors (Lipinski definition) is 2. The Morgan fingerprint density at radius 3 is 1.59 bits per heavy atom. The fourth-order valence-electron chi connectivity index (χ4n) is 5.67. The van der Waals surface area contributed by atoms with Gasteiger partial charge in [0.2, 0.25) is 0 Å². The quantitative estimate of drug-likeness (QED) is 0.183. The second-order valence-corrected chi connectivity index (χ2v) is 11.0. The van der Waals surface area contributed by atoms with Gasteiger partial charge in [-0.25, -0.2) is 0 Å². The van der Waals surface area contributed by atoms with Crippen LogP contribution in [0.25, 0.3) is 0 Å². The summed E-state index contributed by atoms with van der Waals surface area (Å²) < 4.78 is 33.0. The smallest absolute Gasteiger partial charge is 0.188 e. The molecule has 0 bridgehead atoms. The van der Waals surface area contributed by atoms with Crippen LogP contribution < -0.4 is 5.32 Å². The lowest BCUT2D eigenvalue weighted by atomic mass is 9.92. The van der Waals surface area contributed by atoms with Gasteiger partial charge < -0.3 is 34.1 Å². The van der Waals surface area contributed by atoms with E-state index in [9.17, 15) is 5.11 Å². The van der Waals surface area contributed by atoms with E-state index in [1.807, 2.05) is 109 Å². The van der Waals surface area contributed by atoms with Gasteiger partial charge in [-0.2, -0.15) is 0 Å². The fourth-order valence-corrected chi connectivity index (χ4v) is 5.67. The van der Waals surface area contributed by atoms with E-state index in [-0.39, 0.29) is 19.6 Å². The van der Waals surface area contributed by atoms with Crippen molar-refractivity contribution in [3.05, 3.63) is 144 Å². The van der Waals surface area contributed by atoms with E-state index in [2.05, 4.69) is 17.4 Å². The standard InChI is InChI=1S/C37H43NO6/c1-40-37(22-23-39)36(38-24-29-14-6-2-7-15-29)35(43-27-32-20-12-5-13-21-32)34(42-26-31-18-10-4-11-19-31)33(28-44-37)41-25-30-16-8-3-9-17-30/h2-21,33-36,38-39H,22-28H2,1H3/t33-,34+,35-,36+,37+/m1/s1. The molecular formula is C37H43NO6. The number of benzene rings is 4. The van der Waals surface area contributed by atoms with Gasteiger partial charge in [-0.15, -0.1) is 0 Å². The van der Waals surface area contributed by atoms with Gasteiger partial charge in [0.05, 0.1) is 32.5 Å². The fraction of sp³-hybridized carbons (Fsp3) is 0.351. The van der Waals surface area contributed by atoms with Gasteiger partial charge in [0, 0.05) is 26.7 Å². The number of methoxy groups -OCH3 is 1. The molecule has 1 fully saturated rings. The summed E-state index contributed by atoms with van der Waals surface area (Å²) in [6.07, 6.45) is -1.36. The molecule has 7 nitrogen and oxygen atoms in total. The number of rotatable bonds is 15. The van der Waals surface area contributed by atoms with Crippen LogP contribution in [-0.4, -0.2) is 55.6 Å². The Morgan fingerprint density at radius 2 is 1.11 bits per heavy atom. The van der Waals surface area contributed by atoms with Crippen molar-refractivity contribution in [3.63, 3.8) is 0 Å². The molecule has 1 aliphatic heterocycles. The molecule has 0 aliphatic carbocycles. The average Bonchev–Trinajstić information content (AvgIpc) is 3.20. The lowest BCUT2D eigenvalue weighted by Crippen LogP contribution is -2.62. The Bertz CT molecular complexity index is 1340. The van der Waals surface area contributed by atoms with Gasteiger partial charge >= 0.3 is 0 Å². The summed E-state index contributed by atoms with van der Waals surface area (Å²) >= 11 is 0. The average molecular weight is 598 g/mol. The van der Waals surface area contributed by atoms with Crippen LogP contribution in [0.5, 0.6) is 0 Å². The third kappa shape index (κ3) is 8.61. The highest BCUT2D eigenvalue weighted by molar-refractivity contribution is 5.17. The van der Waals surface area contributed by atoms with E-state index < -0.39 is 30.1 Å². The molecule has 2 N–H and O–H groups in total. The van der Waals surface area contributed by atoms with E-state index in [0.717, 1.165) is 22.3 Å². The SMILES string of the molecule is CO[C@@]1(CCO)OC[C@@H](OCc2ccccc2)[C@H](OCc2ccccc2)[C@@H](OCc2ccccc2)[C@@H]1NCc1ccccc1. The van der Waals surface area contributed by atoms with Crippen molar-refractivity contribution in [2.24, 2.45) is 0 Å². The Balaban J connectivity index is 1.52. The van der Waals surface area contributed by atoms with Crippen LogP contribution in [0.15, 0.2) is 121 Å². The van der Waals surface area contributed by atoms with Gasteiger partial charge in [0.1, 0.15) is 18.3 Å². The lowest BCUT2D eigenvalue weighted by Gasteiger charge is -2.42. The van der Waals surface area contributed by atoms with Crippen molar-refractivity contribution >= 4 is 0 Å². The molecule has 5 rings (SSSR count). The molecule has 44 heavy (non-hydrogen) atoms. The van der Waals surface area contributed by atoms with Crippen LogP contribution in [0.2, 0.25) is 0 Å². The molecule has 0 amide bonds. The highest BCUT2D eigenvalue weighted by Gasteiger charge is 2.53. The monoisotopic (exact) mass is 597 g/mol. The molecule has 4 aromatic carbocycles. The second-order valence-electron chi connectivity index (χ2n) is 11.0. The Kier molecular flexibility index (Phi) is 12.1. The van der Waals surface area contributed by atoms with Crippen molar-refractivity contribution < 1.29 is 28.8 Å². The molecule has 0 spiro atoms. The molecule has 0 unspecified atom stereocenters. The lowest BCUT2D eigenvalue weighted by molar-refractivity contribution is -0.259.